The molecule has 15 heavy (non-hydrogen) atoms. The van der Waals surface area contributed by atoms with Crippen molar-refractivity contribution < 1.29 is 45.3 Å². The number of aliphatic carboxylic acids is 2. The Morgan fingerprint density at radius 1 is 1.00 bits per heavy atom. The van der Waals surface area contributed by atoms with E-state index in [-0.39, 0.29) is 0 Å². The summed E-state index contributed by atoms with van der Waals surface area (Å²) in [4.78, 5) is 20.3. The zero-order valence-corrected chi connectivity index (χ0v) is 7.18. The van der Waals surface area contributed by atoms with E-state index in [2.05, 4.69) is 0 Å². The number of aliphatic hydroxyl groups is 5. The van der Waals surface area contributed by atoms with E-state index in [9.17, 15) is 9.59 Å². The lowest BCUT2D eigenvalue weighted by molar-refractivity contribution is -0.258. The number of hydrogen-bond donors (Lipinski definition) is 7. The SMILES string of the molecule is O=C(O)[C@@H](O)[C@H](O)[C@H](O)C(O)(O)C(=O)O. The molecular formula is C6H10O9. The van der Waals surface area contributed by atoms with Gasteiger partial charge in [0.25, 0.3) is 5.79 Å². The number of hydrogen-bond acceptors (Lipinski definition) is 7. The standard InChI is InChI=1S/C6H10O9/c7-1(2(8)4(10)11)3(9)6(14,15)5(12)13/h1-3,7-9,14-15H,(H,10,11)(H,12,13)/t1-,2-,3-/m0/s1. The highest BCUT2D eigenvalue weighted by Gasteiger charge is 2.48. The molecule has 0 aromatic carbocycles. The second-order valence-electron chi connectivity index (χ2n) is 2.75. The van der Waals surface area contributed by atoms with E-state index < -0.39 is 36.0 Å². The van der Waals surface area contributed by atoms with Crippen molar-refractivity contribution in [2.45, 2.75) is 24.1 Å². The molecule has 7 N–H and O–H groups in total. The van der Waals surface area contributed by atoms with Gasteiger partial charge in [-0.2, -0.15) is 0 Å². The van der Waals surface area contributed by atoms with Crippen LogP contribution in [0.1, 0.15) is 0 Å². The lowest BCUT2D eigenvalue weighted by Gasteiger charge is -2.27. The van der Waals surface area contributed by atoms with Crippen LogP contribution in [0, 0.1) is 0 Å². The van der Waals surface area contributed by atoms with E-state index in [1.807, 2.05) is 0 Å². The van der Waals surface area contributed by atoms with Gasteiger partial charge in [-0.05, 0) is 0 Å². The maximum atomic E-state index is 10.2. The zero-order valence-electron chi connectivity index (χ0n) is 7.18. The van der Waals surface area contributed by atoms with Gasteiger partial charge in [0.05, 0.1) is 0 Å². The molecule has 0 aliphatic rings. The van der Waals surface area contributed by atoms with Crippen molar-refractivity contribution >= 4 is 11.9 Å². The van der Waals surface area contributed by atoms with Gasteiger partial charge in [0, 0.05) is 0 Å². The van der Waals surface area contributed by atoms with Crippen LogP contribution >= 0.6 is 0 Å². The van der Waals surface area contributed by atoms with E-state index >= 15 is 0 Å². The van der Waals surface area contributed by atoms with Crippen LogP contribution in [-0.2, 0) is 9.59 Å². The Bertz CT molecular complexity index is 259. The summed E-state index contributed by atoms with van der Waals surface area (Å²) in [6.07, 6.45) is -7.88. The summed E-state index contributed by atoms with van der Waals surface area (Å²) in [5, 5.41) is 60.2. The molecule has 0 amide bonds. The summed E-state index contributed by atoms with van der Waals surface area (Å²) in [5.74, 6) is -8.01. The molecule has 0 bridgehead atoms. The van der Waals surface area contributed by atoms with Gasteiger partial charge in [-0.25, -0.2) is 9.59 Å². The third-order valence-corrected chi connectivity index (χ3v) is 1.63. The van der Waals surface area contributed by atoms with Crippen LogP contribution in [-0.4, -0.2) is 71.8 Å². The molecule has 9 nitrogen and oxygen atoms in total. The summed E-state index contributed by atoms with van der Waals surface area (Å²) in [6.45, 7) is 0. The molecule has 3 atom stereocenters. The number of rotatable bonds is 5. The van der Waals surface area contributed by atoms with E-state index in [0.29, 0.717) is 0 Å². The summed E-state index contributed by atoms with van der Waals surface area (Å²) >= 11 is 0. The minimum atomic E-state index is -3.75. The minimum absolute atomic E-state index is 1.96. The maximum absolute atomic E-state index is 10.2. The van der Waals surface area contributed by atoms with Gasteiger partial charge in [0.15, 0.2) is 6.10 Å². The molecule has 0 aromatic heterocycles. The molecule has 0 aromatic rings. The fourth-order valence-electron chi connectivity index (χ4n) is 0.683. The first-order valence-corrected chi connectivity index (χ1v) is 3.57. The maximum Gasteiger partial charge on any atom is 0.367 e. The molecule has 0 aliphatic heterocycles. The predicted octanol–water partition coefficient (Wildman–Crippen LogP) is -4.08. The van der Waals surface area contributed by atoms with Crippen LogP contribution in [0.3, 0.4) is 0 Å². The van der Waals surface area contributed by atoms with E-state index in [1.165, 1.54) is 0 Å². The molecule has 0 aliphatic carbocycles. The molecule has 0 fully saturated rings. The zero-order chi connectivity index (χ0) is 12.4. The summed E-state index contributed by atoms with van der Waals surface area (Å²) in [6, 6.07) is 0. The van der Waals surface area contributed by atoms with Crippen molar-refractivity contribution in [3.05, 3.63) is 0 Å². The van der Waals surface area contributed by atoms with Crippen LogP contribution in [0.25, 0.3) is 0 Å². The Morgan fingerprint density at radius 2 is 1.40 bits per heavy atom. The van der Waals surface area contributed by atoms with Crippen molar-refractivity contribution in [3.8, 4) is 0 Å². The lowest BCUT2D eigenvalue weighted by atomic mass is 10.0. The van der Waals surface area contributed by atoms with Crippen LogP contribution in [0.4, 0.5) is 0 Å². The van der Waals surface area contributed by atoms with Crippen LogP contribution in [0.5, 0.6) is 0 Å². The predicted molar refractivity (Wildman–Crippen MR) is 40.5 cm³/mol. The minimum Gasteiger partial charge on any atom is -0.479 e. The normalized spacial score (nSPS) is 17.9. The van der Waals surface area contributed by atoms with Crippen molar-refractivity contribution in [3.63, 3.8) is 0 Å². The lowest BCUT2D eigenvalue weighted by Crippen LogP contribution is -2.58. The number of carbonyl (C=O) groups is 2. The third kappa shape index (κ3) is 2.84. The van der Waals surface area contributed by atoms with Crippen LogP contribution in [0.2, 0.25) is 0 Å². The highest BCUT2D eigenvalue weighted by atomic mass is 16.6. The molecule has 0 saturated carbocycles. The highest BCUT2D eigenvalue weighted by Crippen LogP contribution is 2.13. The number of aliphatic hydroxyl groups excluding tert-OH is 3. The average molecular weight is 226 g/mol. The Balaban J connectivity index is 4.78. The third-order valence-electron chi connectivity index (χ3n) is 1.63. The van der Waals surface area contributed by atoms with Gasteiger partial charge in [0.2, 0.25) is 0 Å². The summed E-state index contributed by atoms with van der Waals surface area (Å²) in [7, 11) is 0. The second kappa shape index (κ2) is 4.51. The number of carboxylic acids is 2. The molecule has 0 heterocycles. The van der Waals surface area contributed by atoms with Gasteiger partial charge in [0.1, 0.15) is 12.2 Å². The summed E-state index contributed by atoms with van der Waals surface area (Å²) < 4.78 is 0. The first kappa shape index (κ1) is 13.7. The second-order valence-corrected chi connectivity index (χ2v) is 2.75. The van der Waals surface area contributed by atoms with Crippen molar-refractivity contribution in [1.29, 1.82) is 0 Å². The Morgan fingerprint density at radius 3 is 1.67 bits per heavy atom. The van der Waals surface area contributed by atoms with Crippen LogP contribution < -0.4 is 0 Å². The molecule has 0 rings (SSSR count). The molecular weight excluding hydrogens is 216 g/mol. The topological polar surface area (TPSA) is 176 Å². The van der Waals surface area contributed by atoms with Gasteiger partial charge >= 0.3 is 11.9 Å². The van der Waals surface area contributed by atoms with Gasteiger partial charge in [-0.15, -0.1) is 0 Å². The smallest absolute Gasteiger partial charge is 0.367 e. The molecule has 0 saturated heterocycles. The monoisotopic (exact) mass is 226 g/mol. The first-order chi connectivity index (χ1) is 6.62. The van der Waals surface area contributed by atoms with Gasteiger partial charge < -0.3 is 35.7 Å². The van der Waals surface area contributed by atoms with Crippen molar-refractivity contribution in [2.24, 2.45) is 0 Å². The molecule has 88 valence electrons. The van der Waals surface area contributed by atoms with Gasteiger partial charge in [-0.3, -0.25) is 0 Å². The largest absolute Gasteiger partial charge is 0.479 e. The summed E-state index contributed by atoms with van der Waals surface area (Å²) in [5.41, 5.74) is 0. The average Bonchev–Trinajstić information content (AvgIpc) is 2.13. The highest BCUT2D eigenvalue weighted by molar-refractivity contribution is 5.77. The Labute approximate surface area is 82.4 Å². The molecule has 0 unspecified atom stereocenters. The molecule has 0 radical (unpaired) electrons. The fourth-order valence-corrected chi connectivity index (χ4v) is 0.683. The van der Waals surface area contributed by atoms with E-state index in [4.69, 9.17) is 35.7 Å². The Kier molecular flexibility index (Phi) is 4.13. The first-order valence-electron chi connectivity index (χ1n) is 3.57. The van der Waals surface area contributed by atoms with Crippen molar-refractivity contribution in [2.75, 3.05) is 0 Å². The van der Waals surface area contributed by atoms with E-state index in [0.717, 1.165) is 0 Å². The Hall–Kier alpha value is -1.26. The van der Waals surface area contributed by atoms with Gasteiger partial charge in [-0.1, -0.05) is 0 Å². The van der Waals surface area contributed by atoms with E-state index in [1.54, 1.807) is 0 Å². The fraction of sp³-hybridized carbons (Fsp3) is 0.667. The molecule has 0 spiro atoms. The molecule has 9 heteroatoms. The quantitative estimate of drug-likeness (QED) is 0.230. The van der Waals surface area contributed by atoms with Crippen LogP contribution in [0.15, 0.2) is 0 Å². The van der Waals surface area contributed by atoms with Crippen molar-refractivity contribution in [1.82, 2.24) is 0 Å². The number of carboxylic acid groups (broad SMARTS) is 2.